The van der Waals surface area contributed by atoms with Gasteiger partial charge in [0.25, 0.3) is 0 Å². The van der Waals surface area contributed by atoms with Gasteiger partial charge in [-0.25, -0.2) is 10.2 Å². The number of hydrogen-bond donors (Lipinski definition) is 2. The molecule has 0 unspecified atom stereocenters. The van der Waals surface area contributed by atoms with Gasteiger partial charge in [-0.15, -0.1) is 0 Å². The molecule has 1 aliphatic heterocycles. The van der Waals surface area contributed by atoms with Crippen molar-refractivity contribution in [2.75, 3.05) is 13.2 Å². The highest BCUT2D eigenvalue weighted by atomic mass is 19.4. The van der Waals surface area contributed by atoms with Crippen molar-refractivity contribution in [1.29, 1.82) is 0 Å². The van der Waals surface area contributed by atoms with E-state index in [1.807, 2.05) is 0 Å². The van der Waals surface area contributed by atoms with Crippen LogP contribution < -0.4 is 5.43 Å². The van der Waals surface area contributed by atoms with Crippen LogP contribution in [0.2, 0.25) is 0 Å². The Bertz CT molecular complexity index is 691. The van der Waals surface area contributed by atoms with E-state index in [1.54, 1.807) is 6.07 Å². The third-order valence-electron chi connectivity index (χ3n) is 5.04. The van der Waals surface area contributed by atoms with Gasteiger partial charge in [-0.05, 0) is 42.7 Å². The first-order valence-corrected chi connectivity index (χ1v) is 8.14. The molecule has 0 bridgehead atoms. The number of cyclic esters (lactones) is 1. The number of aliphatic hydroxyl groups excluding tert-OH is 1. The summed E-state index contributed by atoms with van der Waals surface area (Å²) in [5.41, 5.74) is 1.85. The van der Waals surface area contributed by atoms with E-state index in [1.165, 1.54) is 6.07 Å². The Morgan fingerprint density at radius 3 is 2.60 bits per heavy atom. The molecule has 25 heavy (non-hydrogen) atoms. The fourth-order valence-corrected chi connectivity index (χ4v) is 3.26. The van der Waals surface area contributed by atoms with Gasteiger partial charge in [0.1, 0.15) is 12.3 Å². The number of carbonyl (C=O) groups excluding carboxylic acids is 1. The number of nitrogens with zero attached hydrogens (tertiary/aromatic N) is 1. The van der Waals surface area contributed by atoms with Gasteiger partial charge >= 0.3 is 12.3 Å². The van der Waals surface area contributed by atoms with Crippen LogP contribution in [0.15, 0.2) is 23.3 Å². The molecular formula is C17H19F3N2O3. The number of amides is 1. The highest BCUT2D eigenvalue weighted by Gasteiger charge is 2.38. The molecule has 0 aromatic heterocycles. The largest absolute Gasteiger partial charge is 0.442 e. The van der Waals surface area contributed by atoms with E-state index in [0.29, 0.717) is 6.42 Å². The van der Waals surface area contributed by atoms with Crippen LogP contribution in [-0.4, -0.2) is 30.1 Å². The second-order valence-electron chi connectivity index (χ2n) is 6.63. The number of aryl methyl sites for hydroxylation is 1. The molecule has 1 aromatic carbocycles. The summed E-state index contributed by atoms with van der Waals surface area (Å²) < 4.78 is 45.1. The molecule has 2 N–H and O–H groups in total. The number of alkyl halides is 3. The summed E-state index contributed by atoms with van der Waals surface area (Å²) in [6.07, 6.45) is -1.70. The molecule has 1 heterocycles. The number of nitrogens with one attached hydrogen (secondary N) is 1. The predicted octanol–water partition coefficient (Wildman–Crippen LogP) is 3.24. The van der Waals surface area contributed by atoms with Crippen molar-refractivity contribution in [1.82, 2.24) is 5.43 Å². The minimum Gasteiger partial charge on any atom is -0.442 e. The molecule has 0 atom stereocenters. The minimum absolute atomic E-state index is 0.0142. The SMILES string of the molecule is O=C1NN=C(c2ccc(CCC3(CO)CCC3)c(C(F)(F)F)c2)CO1. The lowest BCUT2D eigenvalue weighted by molar-refractivity contribution is -0.138. The van der Waals surface area contributed by atoms with Gasteiger partial charge in [0.2, 0.25) is 0 Å². The lowest BCUT2D eigenvalue weighted by atomic mass is 9.66. The number of hydrogen-bond acceptors (Lipinski definition) is 4. The summed E-state index contributed by atoms with van der Waals surface area (Å²) in [4.78, 5) is 10.9. The molecule has 5 nitrogen and oxygen atoms in total. The van der Waals surface area contributed by atoms with Crippen LogP contribution in [0.1, 0.15) is 42.4 Å². The fourth-order valence-electron chi connectivity index (χ4n) is 3.26. The van der Waals surface area contributed by atoms with Crippen LogP contribution in [0.3, 0.4) is 0 Å². The van der Waals surface area contributed by atoms with Crippen LogP contribution >= 0.6 is 0 Å². The first-order valence-electron chi connectivity index (χ1n) is 8.14. The molecular weight excluding hydrogens is 337 g/mol. The van der Waals surface area contributed by atoms with Crippen LogP contribution in [0.25, 0.3) is 0 Å². The standard InChI is InChI=1S/C17H19F3N2O3/c18-17(19,20)13-8-12(14-9-25-15(24)22-21-14)3-2-11(13)4-7-16(10-23)5-1-6-16/h2-3,8,23H,1,4-7,9-10H2,(H,22,24). The fraction of sp³-hybridized carbons (Fsp3) is 0.529. The maximum Gasteiger partial charge on any atom is 0.428 e. The Kier molecular flexibility index (Phi) is 4.73. The molecule has 0 radical (unpaired) electrons. The van der Waals surface area contributed by atoms with Crippen molar-refractivity contribution in [3.63, 3.8) is 0 Å². The summed E-state index contributed by atoms with van der Waals surface area (Å²) in [5.74, 6) is 0. The summed E-state index contributed by atoms with van der Waals surface area (Å²) >= 11 is 0. The molecule has 0 spiro atoms. The lowest BCUT2D eigenvalue weighted by Crippen LogP contribution is -2.34. The van der Waals surface area contributed by atoms with Crippen LogP contribution in [0.4, 0.5) is 18.0 Å². The van der Waals surface area contributed by atoms with Crippen LogP contribution in [0, 0.1) is 5.41 Å². The number of benzene rings is 1. The van der Waals surface area contributed by atoms with Crippen molar-refractivity contribution < 1.29 is 27.8 Å². The maximum absolute atomic E-state index is 13.5. The number of ether oxygens (including phenoxy) is 1. The summed E-state index contributed by atoms with van der Waals surface area (Å²) in [6.45, 7) is -0.156. The van der Waals surface area contributed by atoms with Gasteiger partial charge in [-0.3, -0.25) is 0 Å². The summed E-state index contributed by atoms with van der Waals surface area (Å²) in [7, 11) is 0. The number of carbonyl (C=O) groups is 1. The Morgan fingerprint density at radius 1 is 1.32 bits per heavy atom. The smallest absolute Gasteiger partial charge is 0.428 e. The van der Waals surface area contributed by atoms with Gasteiger partial charge in [-0.2, -0.15) is 18.3 Å². The average Bonchev–Trinajstić information content (AvgIpc) is 2.54. The highest BCUT2D eigenvalue weighted by Crippen LogP contribution is 2.45. The molecule has 2 aliphatic rings. The van der Waals surface area contributed by atoms with Crippen molar-refractivity contribution >= 4 is 11.8 Å². The van der Waals surface area contributed by atoms with E-state index in [4.69, 9.17) is 4.74 Å². The summed E-state index contributed by atoms with van der Waals surface area (Å²) in [6, 6.07) is 4.04. The molecule has 1 fully saturated rings. The van der Waals surface area contributed by atoms with Gasteiger partial charge < -0.3 is 9.84 Å². The second-order valence-corrected chi connectivity index (χ2v) is 6.63. The molecule has 136 valence electrons. The van der Waals surface area contributed by atoms with Crippen molar-refractivity contribution in [2.24, 2.45) is 10.5 Å². The molecule has 1 amide bonds. The zero-order valence-electron chi connectivity index (χ0n) is 13.5. The molecule has 1 aromatic rings. The topological polar surface area (TPSA) is 70.9 Å². The first-order chi connectivity index (χ1) is 11.8. The zero-order chi connectivity index (χ0) is 18.1. The monoisotopic (exact) mass is 356 g/mol. The Labute approximate surface area is 142 Å². The number of aliphatic hydroxyl groups is 1. The van der Waals surface area contributed by atoms with Gasteiger partial charge in [-0.1, -0.05) is 18.6 Å². The lowest BCUT2D eigenvalue weighted by Gasteiger charge is -2.40. The van der Waals surface area contributed by atoms with Crippen LogP contribution in [0.5, 0.6) is 0 Å². The van der Waals surface area contributed by atoms with E-state index >= 15 is 0 Å². The molecule has 1 saturated carbocycles. The van der Waals surface area contributed by atoms with Crippen molar-refractivity contribution in [3.05, 3.63) is 34.9 Å². The van der Waals surface area contributed by atoms with Crippen molar-refractivity contribution in [3.8, 4) is 0 Å². The Morgan fingerprint density at radius 2 is 2.08 bits per heavy atom. The molecule has 3 rings (SSSR count). The van der Waals surface area contributed by atoms with Gasteiger partial charge in [0, 0.05) is 12.2 Å². The van der Waals surface area contributed by atoms with E-state index in [0.717, 1.165) is 25.3 Å². The second kappa shape index (κ2) is 6.67. The van der Waals surface area contributed by atoms with E-state index < -0.39 is 17.8 Å². The highest BCUT2D eigenvalue weighted by molar-refractivity contribution is 6.03. The van der Waals surface area contributed by atoms with E-state index in [9.17, 15) is 23.1 Å². The molecule has 8 heteroatoms. The first kappa shape index (κ1) is 17.7. The van der Waals surface area contributed by atoms with Gasteiger partial charge in [0.05, 0.1) is 5.56 Å². The van der Waals surface area contributed by atoms with Crippen molar-refractivity contribution in [2.45, 2.75) is 38.3 Å². The van der Waals surface area contributed by atoms with Crippen LogP contribution in [-0.2, 0) is 17.3 Å². The number of halogens is 3. The molecule has 1 aliphatic carbocycles. The number of hydrazone groups is 1. The zero-order valence-corrected chi connectivity index (χ0v) is 13.5. The molecule has 0 saturated heterocycles. The Balaban J connectivity index is 1.84. The predicted molar refractivity (Wildman–Crippen MR) is 84.2 cm³/mol. The number of rotatable bonds is 5. The third kappa shape index (κ3) is 3.78. The summed E-state index contributed by atoms with van der Waals surface area (Å²) in [5, 5.41) is 13.2. The Hall–Kier alpha value is -2.09. The van der Waals surface area contributed by atoms with E-state index in [-0.39, 0.29) is 41.9 Å². The van der Waals surface area contributed by atoms with E-state index in [2.05, 4.69) is 10.5 Å². The van der Waals surface area contributed by atoms with Gasteiger partial charge in [0.15, 0.2) is 0 Å². The quantitative estimate of drug-likeness (QED) is 0.851. The maximum atomic E-state index is 13.5. The normalized spacial score (nSPS) is 19.5. The third-order valence-corrected chi connectivity index (χ3v) is 5.04. The minimum atomic E-state index is -4.49. The average molecular weight is 356 g/mol.